The molecule has 2 N–H and O–H groups in total. The molecule has 0 unspecified atom stereocenters. The summed E-state index contributed by atoms with van der Waals surface area (Å²) in [4.78, 5) is 28.3. The van der Waals surface area contributed by atoms with Gasteiger partial charge in [-0.1, -0.05) is 12.7 Å². The number of aliphatic carboxylic acids is 2. The third-order valence-corrected chi connectivity index (χ3v) is 0.568. The Hall–Kier alpha value is -2.11. The third-order valence-electron chi connectivity index (χ3n) is 0.568. The lowest BCUT2D eigenvalue weighted by molar-refractivity contribution is -0.136. The number of rotatable bonds is 3. The first-order valence-electron chi connectivity index (χ1n) is 4.08. The molecule has 0 heterocycles. The number of hydrogen-bond acceptors (Lipinski definition) is 4. The van der Waals surface area contributed by atoms with Crippen LogP contribution in [0.2, 0.25) is 0 Å². The van der Waals surface area contributed by atoms with Crippen LogP contribution < -0.4 is 0 Å². The lowest BCUT2D eigenvalue weighted by Crippen LogP contribution is -1.88. The highest BCUT2D eigenvalue weighted by molar-refractivity contribution is 5.68. The first-order chi connectivity index (χ1) is 7.27. The molecular formula is C10H16O6. The zero-order valence-corrected chi connectivity index (χ0v) is 9.30. The van der Waals surface area contributed by atoms with E-state index in [-0.39, 0.29) is 12.4 Å². The average molecular weight is 232 g/mol. The van der Waals surface area contributed by atoms with E-state index in [1.165, 1.54) is 13.0 Å². The minimum atomic E-state index is -0.833. The van der Waals surface area contributed by atoms with Crippen LogP contribution in [0, 0.1) is 0 Å². The smallest absolute Gasteiger partial charge is 0.307 e. The van der Waals surface area contributed by atoms with Crippen LogP contribution in [0.5, 0.6) is 0 Å². The Morgan fingerprint density at radius 2 is 1.56 bits per heavy atom. The lowest BCUT2D eigenvalue weighted by atomic mass is 10.4. The quantitative estimate of drug-likeness (QED) is 0.433. The van der Waals surface area contributed by atoms with Gasteiger partial charge in [0.25, 0.3) is 5.97 Å². The second kappa shape index (κ2) is 15.4. The fourth-order valence-electron chi connectivity index (χ4n) is 0.241. The van der Waals surface area contributed by atoms with Gasteiger partial charge in [0, 0.05) is 13.8 Å². The monoisotopic (exact) mass is 232 g/mol. The Labute approximate surface area is 93.8 Å². The molecule has 0 aliphatic rings. The fraction of sp³-hybridized carbons (Fsp3) is 0.300. The summed E-state index contributed by atoms with van der Waals surface area (Å²) in [5.74, 6) is -1.99. The van der Waals surface area contributed by atoms with Gasteiger partial charge < -0.3 is 14.9 Å². The van der Waals surface area contributed by atoms with E-state index in [2.05, 4.69) is 17.9 Å². The third kappa shape index (κ3) is 93.2. The summed E-state index contributed by atoms with van der Waals surface area (Å²) in [6.07, 6.45) is 2.50. The van der Waals surface area contributed by atoms with E-state index in [0.717, 1.165) is 13.2 Å². The molecule has 0 aromatic heterocycles. The molecule has 0 aromatic carbocycles. The van der Waals surface area contributed by atoms with Gasteiger partial charge in [-0.3, -0.25) is 14.4 Å². The van der Waals surface area contributed by atoms with Gasteiger partial charge in [-0.25, -0.2) is 0 Å². The number of carboxylic acids is 2. The summed E-state index contributed by atoms with van der Waals surface area (Å²) in [6, 6.07) is 0. The van der Waals surface area contributed by atoms with E-state index >= 15 is 0 Å². The standard InChI is InChI=1S/2C4H6O2.C2H4O2/c1-3-6-4(2)5;1-2-3-4(5)6;1-2(3)4/h3H,1H2,2H3;2H,1,3H2,(H,5,6);1H3,(H,3,4). The van der Waals surface area contributed by atoms with Crippen LogP contribution in [0.4, 0.5) is 0 Å². The zero-order valence-electron chi connectivity index (χ0n) is 9.30. The second-order valence-corrected chi connectivity index (χ2v) is 2.18. The highest BCUT2D eigenvalue weighted by Crippen LogP contribution is 1.74. The predicted molar refractivity (Wildman–Crippen MR) is 57.7 cm³/mol. The largest absolute Gasteiger partial charge is 0.481 e. The van der Waals surface area contributed by atoms with E-state index in [1.807, 2.05) is 0 Å². The van der Waals surface area contributed by atoms with Crippen molar-refractivity contribution in [3.05, 3.63) is 25.5 Å². The van der Waals surface area contributed by atoms with Gasteiger partial charge in [0.2, 0.25) is 0 Å². The summed E-state index contributed by atoms with van der Waals surface area (Å²) < 4.78 is 4.17. The Morgan fingerprint density at radius 1 is 1.19 bits per heavy atom. The molecule has 0 atom stereocenters. The van der Waals surface area contributed by atoms with E-state index < -0.39 is 11.9 Å². The summed E-state index contributed by atoms with van der Waals surface area (Å²) in [7, 11) is 0. The Balaban J connectivity index is -0.000000162. The van der Waals surface area contributed by atoms with Crippen LogP contribution in [0.1, 0.15) is 20.3 Å². The van der Waals surface area contributed by atoms with Crippen molar-refractivity contribution in [1.29, 1.82) is 0 Å². The van der Waals surface area contributed by atoms with Crippen molar-refractivity contribution < 1.29 is 29.3 Å². The van der Waals surface area contributed by atoms with Crippen LogP contribution in [-0.4, -0.2) is 28.1 Å². The molecule has 0 aliphatic heterocycles. The normalized spacial score (nSPS) is 6.88. The minimum absolute atomic E-state index is 0.0556. The van der Waals surface area contributed by atoms with Crippen LogP contribution in [0.3, 0.4) is 0 Å². The van der Waals surface area contributed by atoms with Crippen molar-refractivity contribution in [2.45, 2.75) is 20.3 Å². The van der Waals surface area contributed by atoms with Gasteiger partial charge >= 0.3 is 11.9 Å². The van der Waals surface area contributed by atoms with Crippen LogP contribution >= 0.6 is 0 Å². The topological polar surface area (TPSA) is 101 Å². The van der Waals surface area contributed by atoms with Crippen LogP contribution in [0.15, 0.2) is 25.5 Å². The van der Waals surface area contributed by atoms with E-state index in [4.69, 9.17) is 15.0 Å². The van der Waals surface area contributed by atoms with Crippen molar-refractivity contribution in [3.8, 4) is 0 Å². The maximum absolute atomic E-state index is 9.75. The number of carbonyl (C=O) groups excluding carboxylic acids is 1. The van der Waals surface area contributed by atoms with Gasteiger partial charge in [-0.2, -0.15) is 0 Å². The first-order valence-corrected chi connectivity index (χ1v) is 4.08. The summed E-state index contributed by atoms with van der Waals surface area (Å²) in [5.41, 5.74) is 0. The van der Waals surface area contributed by atoms with Crippen molar-refractivity contribution in [2.24, 2.45) is 0 Å². The van der Waals surface area contributed by atoms with E-state index in [0.29, 0.717) is 0 Å². The Kier molecular flexibility index (Phi) is 18.7. The molecule has 6 nitrogen and oxygen atoms in total. The molecule has 0 spiro atoms. The van der Waals surface area contributed by atoms with E-state index in [9.17, 15) is 9.59 Å². The molecular weight excluding hydrogens is 216 g/mol. The molecule has 0 saturated carbocycles. The number of esters is 1. The number of carboxylic acid groups (broad SMARTS) is 2. The maximum atomic E-state index is 9.75. The summed E-state index contributed by atoms with van der Waals surface area (Å²) >= 11 is 0. The zero-order chi connectivity index (χ0) is 13.6. The molecule has 92 valence electrons. The van der Waals surface area contributed by atoms with Crippen molar-refractivity contribution >= 4 is 17.9 Å². The first kappa shape index (κ1) is 19.5. The van der Waals surface area contributed by atoms with Crippen molar-refractivity contribution in [3.63, 3.8) is 0 Å². The van der Waals surface area contributed by atoms with Crippen LogP contribution in [-0.2, 0) is 19.1 Å². The molecule has 16 heavy (non-hydrogen) atoms. The molecule has 0 bridgehead atoms. The highest BCUT2D eigenvalue weighted by Gasteiger charge is 1.84. The number of ether oxygens (including phenoxy) is 1. The van der Waals surface area contributed by atoms with Crippen molar-refractivity contribution in [2.75, 3.05) is 0 Å². The SMILES string of the molecule is C=CCC(=O)O.C=COC(C)=O.CC(=O)O. The Morgan fingerprint density at radius 3 is 1.56 bits per heavy atom. The Bertz CT molecular complexity index is 220. The maximum Gasteiger partial charge on any atom is 0.307 e. The second-order valence-electron chi connectivity index (χ2n) is 2.18. The highest BCUT2D eigenvalue weighted by atomic mass is 16.5. The molecule has 0 rings (SSSR count). The average Bonchev–Trinajstić information content (AvgIpc) is 2.02. The minimum Gasteiger partial charge on any atom is -0.481 e. The molecule has 0 amide bonds. The fourth-order valence-corrected chi connectivity index (χ4v) is 0.241. The molecule has 0 fully saturated rings. The van der Waals surface area contributed by atoms with Gasteiger partial charge in [0.1, 0.15) is 0 Å². The lowest BCUT2D eigenvalue weighted by Gasteiger charge is -1.83. The van der Waals surface area contributed by atoms with E-state index in [1.54, 1.807) is 0 Å². The van der Waals surface area contributed by atoms with Gasteiger partial charge in [-0.15, -0.1) is 6.58 Å². The van der Waals surface area contributed by atoms with Crippen LogP contribution in [0.25, 0.3) is 0 Å². The van der Waals surface area contributed by atoms with Gasteiger partial charge in [0.05, 0.1) is 12.7 Å². The summed E-state index contributed by atoms with van der Waals surface area (Å²) in [6.45, 7) is 8.78. The van der Waals surface area contributed by atoms with Gasteiger partial charge in [0.15, 0.2) is 0 Å². The molecule has 0 aliphatic carbocycles. The molecule has 6 heteroatoms. The predicted octanol–water partition coefficient (Wildman–Crippen LogP) is 1.43. The molecule has 0 saturated heterocycles. The number of hydrogen-bond donors (Lipinski definition) is 2. The summed E-state index contributed by atoms with van der Waals surface area (Å²) in [5, 5.41) is 15.3. The number of carbonyl (C=O) groups is 3. The van der Waals surface area contributed by atoms with Crippen molar-refractivity contribution in [1.82, 2.24) is 0 Å². The molecule has 0 radical (unpaired) electrons. The van der Waals surface area contributed by atoms with Gasteiger partial charge in [-0.05, 0) is 0 Å². The molecule has 0 aromatic rings.